The number of carbonyl (C=O) groups is 2. The molecular weight excluding hydrogens is 294 g/mol. The van der Waals surface area contributed by atoms with Gasteiger partial charge in [0.05, 0.1) is 13.7 Å². The molecule has 0 rings (SSSR count). The summed E-state index contributed by atoms with van der Waals surface area (Å²) in [5.74, 6) is -0.0835. The van der Waals surface area contributed by atoms with Crippen molar-refractivity contribution in [2.24, 2.45) is 5.92 Å². The molecule has 0 spiro atoms. The Balaban J connectivity index is 3.83. The number of methoxy groups -OCH3 is 1. The Kier molecular flexibility index (Phi) is 13.6. The maximum absolute atomic E-state index is 12.0. The number of carbonyl (C=O) groups excluding carboxylic acids is 2. The summed E-state index contributed by atoms with van der Waals surface area (Å²) in [7, 11) is 1.29. The number of rotatable bonds is 13. The third kappa shape index (κ3) is 12.9. The zero-order valence-electron chi connectivity index (χ0n) is 15.4. The Morgan fingerprint density at radius 1 is 0.957 bits per heavy atom. The molecule has 0 aliphatic heterocycles. The van der Waals surface area contributed by atoms with Crippen molar-refractivity contribution < 1.29 is 19.1 Å². The molecule has 5 nitrogen and oxygen atoms in total. The number of nitrogens with one attached hydrogen (secondary N) is 1. The van der Waals surface area contributed by atoms with E-state index in [-0.39, 0.29) is 11.9 Å². The summed E-state index contributed by atoms with van der Waals surface area (Å²) in [6.45, 7) is 6.64. The number of amides is 1. The van der Waals surface area contributed by atoms with Gasteiger partial charge < -0.3 is 14.8 Å². The molecule has 0 bridgehead atoms. The minimum atomic E-state index is -0.628. The van der Waals surface area contributed by atoms with Crippen LogP contribution in [0.5, 0.6) is 0 Å². The topological polar surface area (TPSA) is 64.6 Å². The van der Waals surface area contributed by atoms with Crippen LogP contribution in [0.4, 0.5) is 4.79 Å². The molecule has 0 saturated carbocycles. The van der Waals surface area contributed by atoms with Crippen LogP contribution in [-0.2, 0) is 14.3 Å². The highest BCUT2D eigenvalue weighted by atomic mass is 16.5. The monoisotopic (exact) mass is 329 g/mol. The van der Waals surface area contributed by atoms with Crippen LogP contribution >= 0.6 is 0 Å². The zero-order chi connectivity index (χ0) is 17.5. The van der Waals surface area contributed by atoms with Crippen molar-refractivity contribution in [1.82, 2.24) is 5.32 Å². The molecule has 5 heteroatoms. The molecule has 0 unspecified atom stereocenters. The highest BCUT2D eigenvalue weighted by molar-refractivity contribution is 5.81. The molecule has 0 radical (unpaired) electrons. The minimum Gasteiger partial charge on any atom is -0.464 e. The lowest BCUT2D eigenvalue weighted by molar-refractivity contribution is -0.146. The van der Waals surface area contributed by atoms with Gasteiger partial charge in [-0.1, -0.05) is 65.7 Å². The van der Waals surface area contributed by atoms with Gasteiger partial charge in [-0.25, -0.2) is 9.59 Å². The Bertz CT molecular complexity index is 318. The first kappa shape index (κ1) is 21.7. The first-order valence-electron chi connectivity index (χ1n) is 9.02. The number of hydrogen-bond donors (Lipinski definition) is 1. The van der Waals surface area contributed by atoms with E-state index in [0.717, 1.165) is 12.8 Å². The fraction of sp³-hybridized carbons (Fsp3) is 0.889. The number of alkyl carbamates (subject to hydrolysis) is 1. The SMILES string of the molecule is CCCCCCCCCCOC(=O)[C@H](CC(C)C)NC(=O)OC. The van der Waals surface area contributed by atoms with Crippen molar-refractivity contribution in [2.45, 2.75) is 84.6 Å². The van der Waals surface area contributed by atoms with Crippen LogP contribution in [0, 0.1) is 5.92 Å². The van der Waals surface area contributed by atoms with E-state index in [9.17, 15) is 9.59 Å². The second kappa shape index (κ2) is 14.3. The van der Waals surface area contributed by atoms with Crippen LogP contribution in [0.15, 0.2) is 0 Å². The Morgan fingerprint density at radius 3 is 2.04 bits per heavy atom. The maximum atomic E-state index is 12.0. The van der Waals surface area contributed by atoms with Gasteiger partial charge in [-0.3, -0.25) is 0 Å². The minimum absolute atomic E-state index is 0.285. The Labute approximate surface area is 141 Å². The molecule has 0 aliphatic rings. The quantitative estimate of drug-likeness (QED) is 0.401. The van der Waals surface area contributed by atoms with Crippen LogP contribution in [0.2, 0.25) is 0 Å². The zero-order valence-corrected chi connectivity index (χ0v) is 15.4. The molecule has 0 aromatic rings. The third-order valence-corrected chi connectivity index (χ3v) is 3.71. The largest absolute Gasteiger partial charge is 0.464 e. The van der Waals surface area contributed by atoms with E-state index < -0.39 is 12.1 Å². The van der Waals surface area contributed by atoms with Crippen LogP contribution in [0.3, 0.4) is 0 Å². The second-order valence-electron chi connectivity index (χ2n) is 6.46. The predicted octanol–water partition coefficient (Wildman–Crippen LogP) is 4.44. The van der Waals surface area contributed by atoms with Crippen molar-refractivity contribution in [3.63, 3.8) is 0 Å². The van der Waals surface area contributed by atoms with E-state index in [1.165, 1.54) is 45.6 Å². The predicted molar refractivity (Wildman–Crippen MR) is 92.4 cm³/mol. The van der Waals surface area contributed by atoms with E-state index in [4.69, 9.17) is 4.74 Å². The molecule has 23 heavy (non-hydrogen) atoms. The van der Waals surface area contributed by atoms with Crippen LogP contribution in [0.25, 0.3) is 0 Å². The summed E-state index contributed by atoms with van der Waals surface area (Å²) in [5, 5.41) is 2.54. The molecule has 1 atom stereocenters. The molecule has 136 valence electrons. The normalized spacial score (nSPS) is 12.0. The second-order valence-corrected chi connectivity index (χ2v) is 6.46. The van der Waals surface area contributed by atoms with Gasteiger partial charge in [0.2, 0.25) is 0 Å². The third-order valence-electron chi connectivity index (χ3n) is 3.71. The fourth-order valence-electron chi connectivity index (χ4n) is 2.40. The van der Waals surface area contributed by atoms with E-state index in [2.05, 4.69) is 17.0 Å². The summed E-state index contributed by atoms with van der Waals surface area (Å²) in [4.78, 5) is 23.3. The van der Waals surface area contributed by atoms with Crippen molar-refractivity contribution in [1.29, 1.82) is 0 Å². The lowest BCUT2D eigenvalue weighted by atomic mass is 10.0. The van der Waals surface area contributed by atoms with Gasteiger partial charge in [-0.15, -0.1) is 0 Å². The fourth-order valence-corrected chi connectivity index (χ4v) is 2.40. The van der Waals surface area contributed by atoms with Gasteiger partial charge in [0.15, 0.2) is 0 Å². The van der Waals surface area contributed by atoms with Gasteiger partial charge >= 0.3 is 12.1 Å². The maximum Gasteiger partial charge on any atom is 0.407 e. The van der Waals surface area contributed by atoms with Gasteiger partial charge in [-0.2, -0.15) is 0 Å². The smallest absolute Gasteiger partial charge is 0.407 e. The van der Waals surface area contributed by atoms with Gasteiger partial charge in [0.1, 0.15) is 6.04 Å². The van der Waals surface area contributed by atoms with Crippen molar-refractivity contribution in [3.05, 3.63) is 0 Å². The standard InChI is InChI=1S/C18H35NO4/c1-5-6-7-8-9-10-11-12-13-23-17(20)16(14-15(2)3)19-18(21)22-4/h15-16H,5-14H2,1-4H3,(H,19,21)/t16-/m0/s1. The average molecular weight is 329 g/mol. The summed E-state index contributed by atoms with van der Waals surface area (Å²) < 4.78 is 9.84. The molecule has 0 fully saturated rings. The molecular formula is C18H35NO4. The lowest BCUT2D eigenvalue weighted by Gasteiger charge is -2.18. The van der Waals surface area contributed by atoms with E-state index in [0.29, 0.717) is 13.0 Å². The highest BCUT2D eigenvalue weighted by Gasteiger charge is 2.23. The Hall–Kier alpha value is -1.26. The molecule has 0 aromatic heterocycles. The number of unbranched alkanes of at least 4 members (excludes halogenated alkanes) is 7. The molecule has 1 amide bonds. The van der Waals surface area contributed by atoms with Crippen LogP contribution < -0.4 is 5.32 Å². The first-order chi connectivity index (χ1) is 11.0. The molecule has 1 N–H and O–H groups in total. The summed E-state index contributed by atoms with van der Waals surface area (Å²) >= 11 is 0. The van der Waals surface area contributed by atoms with E-state index in [1.54, 1.807) is 0 Å². The number of hydrogen-bond acceptors (Lipinski definition) is 4. The van der Waals surface area contributed by atoms with Gasteiger partial charge in [-0.05, 0) is 18.8 Å². The molecule has 0 saturated heterocycles. The molecule has 0 aromatic carbocycles. The van der Waals surface area contributed by atoms with Crippen LogP contribution in [-0.4, -0.2) is 31.8 Å². The summed E-state index contributed by atoms with van der Waals surface area (Å²) in [6.07, 6.45) is 9.57. The van der Waals surface area contributed by atoms with Crippen molar-refractivity contribution in [3.8, 4) is 0 Å². The number of esters is 1. The number of ether oxygens (including phenoxy) is 2. The van der Waals surface area contributed by atoms with Gasteiger partial charge in [0, 0.05) is 0 Å². The summed E-state index contributed by atoms with van der Waals surface area (Å²) in [5.41, 5.74) is 0. The molecule has 0 aliphatic carbocycles. The highest BCUT2D eigenvalue weighted by Crippen LogP contribution is 2.10. The van der Waals surface area contributed by atoms with Crippen LogP contribution in [0.1, 0.15) is 78.6 Å². The van der Waals surface area contributed by atoms with E-state index in [1.807, 2.05) is 13.8 Å². The lowest BCUT2D eigenvalue weighted by Crippen LogP contribution is -2.42. The van der Waals surface area contributed by atoms with Crippen molar-refractivity contribution in [2.75, 3.05) is 13.7 Å². The van der Waals surface area contributed by atoms with Crippen molar-refractivity contribution >= 4 is 12.1 Å². The van der Waals surface area contributed by atoms with Gasteiger partial charge in [0.25, 0.3) is 0 Å². The Morgan fingerprint density at radius 2 is 1.52 bits per heavy atom. The average Bonchev–Trinajstić information content (AvgIpc) is 2.51. The molecule has 0 heterocycles. The van der Waals surface area contributed by atoms with E-state index >= 15 is 0 Å². The first-order valence-corrected chi connectivity index (χ1v) is 9.02. The summed E-state index contributed by atoms with van der Waals surface area (Å²) in [6, 6.07) is -0.628.